The van der Waals surface area contributed by atoms with Crippen LogP contribution in [0.15, 0.2) is 42.7 Å². The van der Waals surface area contributed by atoms with Gasteiger partial charge < -0.3 is 10.1 Å². The molecule has 0 fully saturated rings. The van der Waals surface area contributed by atoms with Gasteiger partial charge in [-0.3, -0.25) is 10.1 Å². The first kappa shape index (κ1) is 11.5. The van der Waals surface area contributed by atoms with Crippen LogP contribution in [0.4, 0.5) is 11.6 Å². The lowest BCUT2D eigenvalue weighted by molar-refractivity contribution is -0.122. The Labute approximate surface area is 109 Å². The molecule has 0 radical (unpaired) electrons. The molecule has 0 saturated carbocycles. The van der Waals surface area contributed by atoms with Gasteiger partial charge in [0.05, 0.1) is 12.2 Å². The Bertz CT molecular complexity index is 588. The third-order valence-corrected chi connectivity index (χ3v) is 2.73. The van der Waals surface area contributed by atoms with E-state index in [9.17, 15) is 4.79 Å². The molecule has 1 amide bonds. The van der Waals surface area contributed by atoms with Crippen molar-refractivity contribution in [3.63, 3.8) is 0 Å². The van der Waals surface area contributed by atoms with Gasteiger partial charge in [0.1, 0.15) is 5.75 Å². The predicted octanol–water partition coefficient (Wildman–Crippen LogP) is 1.29. The van der Waals surface area contributed by atoms with Gasteiger partial charge in [0.15, 0.2) is 6.10 Å². The van der Waals surface area contributed by atoms with E-state index in [0.29, 0.717) is 12.3 Å². The molecular formula is C13H12N4O2. The molecule has 0 bridgehead atoms. The first-order valence-electron chi connectivity index (χ1n) is 5.90. The molecule has 0 spiro atoms. The molecule has 2 N–H and O–H groups in total. The summed E-state index contributed by atoms with van der Waals surface area (Å²) in [6.45, 7) is 0.412. The number of rotatable bonds is 2. The van der Waals surface area contributed by atoms with Gasteiger partial charge in [0, 0.05) is 12.4 Å². The molecule has 0 aliphatic carbocycles. The van der Waals surface area contributed by atoms with Crippen LogP contribution in [0.2, 0.25) is 0 Å². The number of para-hydroxylation sites is 2. The maximum absolute atomic E-state index is 12.0. The summed E-state index contributed by atoms with van der Waals surface area (Å²) in [6.07, 6.45) is 2.54. The zero-order valence-electron chi connectivity index (χ0n) is 10.0. The third-order valence-electron chi connectivity index (χ3n) is 2.73. The Balaban J connectivity index is 1.70. The number of nitrogens with one attached hydrogen (secondary N) is 2. The van der Waals surface area contributed by atoms with Crippen molar-refractivity contribution in [3.8, 4) is 5.75 Å². The Morgan fingerprint density at radius 1 is 1.26 bits per heavy atom. The highest BCUT2D eigenvalue weighted by Crippen LogP contribution is 2.28. The smallest absolute Gasteiger partial charge is 0.269 e. The van der Waals surface area contributed by atoms with Crippen LogP contribution in [-0.2, 0) is 4.79 Å². The topological polar surface area (TPSA) is 76.1 Å². The predicted molar refractivity (Wildman–Crippen MR) is 70.0 cm³/mol. The number of fused-ring (bicyclic) bond motifs is 1. The van der Waals surface area contributed by atoms with E-state index in [4.69, 9.17) is 4.74 Å². The van der Waals surface area contributed by atoms with E-state index < -0.39 is 6.10 Å². The lowest BCUT2D eigenvalue weighted by Crippen LogP contribution is -2.41. The standard InChI is InChI=1S/C13H12N4O2/c18-12(17-13-14-6-3-7-15-13)11-8-16-9-4-1-2-5-10(9)19-11/h1-7,11,16H,8H2,(H,14,15,17,18). The molecule has 1 unspecified atom stereocenters. The van der Waals surface area contributed by atoms with Crippen molar-refractivity contribution in [1.29, 1.82) is 0 Å². The Kier molecular flexibility index (Phi) is 2.97. The quantitative estimate of drug-likeness (QED) is 0.846. The van der Waals surface area contributed by atoms with Crippen LogP contribution in [-0.4, -0.2) is 28.5 Å². The van der Waals surface area contributed by atoms with Crippen LogP contribution in [0, 0.1) is 0 Å². The van der Waals surface area contributed by atoms with Gasteiger partial charge >= 0.3 is 0 Å². The van der Waals surface area contributed by atoms with E-state index in [2.05, 4.69) is 20.6 Å². The van der Waals surface area contributed by atoms with Crippen LogP contribution in [0.25, 0.3) is 0 Å². The number of anilines is 2. The second-order valence-corrected chi connectivity index (χ2v) is 4.05. The molecule has 19 heavy (non-hydrogen) atoms. The molecule has 0 saturated heterocycles. The fourth-order valence-electron chi connectivity index (χ4n) is 1.81. The van der Waals surface area contributed by atoms with Crippen molar-refractivity contribution >= 4 is 17.5 Å². The average Bonchev–Trinajstić information content (AvgIpc) is 2.48. The second-order valence-electron chi connectivity index (χ2n) is 4.05. The number of carbonyl (C=O) groups excluding carboxylic acids is 1. The normalized spacial score (nSPS) is 16.7. The summed E-state index contributed by atoms with van der Waals surface area (Å²) in [6, 6.07) is 9.18. The van der Waals surface area contributed by atoms with Gasteiger partial charge in [-0.15, -0.1) is 0 Å². The van der Waals surface area contributed by atoms with E-state index >= 15 is 0 Å². The molecule has 6 heteroatoms. The van der Waals surface area contributed by atoms with Crippen LogP contribution in [0.5, 0.6) is 5.75 Å². The summed E-state index contributed by atoms with van der Waals surface area (Å²) in [4.78, 5) is 19.9. The van der Waals surface area contributed by atoms with Crippen LogP contribution in [0.3, 0.4) is 0 Å². The molecule has 1 aromatic heterocycles. The number of hydrogen-bond donors (Lipinski definition) is 2. The van der Waals surface area contributed by atoms with Gasteiger partial charge in [0.2, 0.25) is 5.95 Å². The molecule has 3 rings (SSSR count). The largest absolute Gasteiger partial charge is 0.477 e. The first-order chi connectivity index (χ1) is 9.33. The molecule has 96 valence electrons. The number of nitrogens with zero attached hydrogens (tertiary/aromatic N) is 2. The van der Waals surface area contributed by atoms with Gasteiger partial charge in [-0.1, -0.05) is 12.1 Å². The highest BCUT2D eigenvalue weighted by atomic mass is 16.5. The van der Waals surface area contributed by atoms with E-state index in [1.54, 1.807) is 18.5 Å². The lowest BCUT2D eigenvalue weighted by atomic mass is 10.2. The molecule has 1 aliphatic heterocycles. The fraction of sp³-hybridized carbons (Fsp3) is 0.154. The first-order valence-corrected chi connectivity index (χ1v) is 5.90. The summed E-state index contributed by atoms with van der Waals surface area (Å²) < 4.78 is 5.64. The fourth-order valence-corrected chi connectivity index (χ4v) is 1.81. The molecule has 1 atom stereocenters. The highest BCUT2D eigenvalue weighted by molar-refractivity contribution is 5.93. The second kappa shape index (κ2) is 4.93. The average molecular weight is 256 g/mol. The zero-order chi connectivity index (χ0) is 13.1. The molecular weight excluding hydrogens is 244 g/mol. The van der Waals surface area contributed by atoms with Gasteiger partial charge in [-0.25, -0.2) is 9.97 Å². The molecule has 6 nitrogen and oxygen atoms in total. The van der Waals surface area contributed by atoms with Crippen molar-refractivity contribution in [2.45, 2.75) is 6.10 Å². The number of aromatic nitrogens is 2. The minimum Gasteiger partial charge on any atom is -0.477 e. The van der Waals surface area contributed by atoms with E-state index in [1.807, 2.05) is 24.3 Å². The number of hydrogen-bond acceptors (Lipinski definition) is 5. The summed E-state index contributed by atoms with van der Waals surface area (Å²) >= 11 is 0. The summed E-state index contributed by atoms with van der Waals surface area (Å²) in [5.74, 6) is 0.672. The summed E-state index contributed by atoms with van der Waals surface area (Å²) in [5, 5.41) is 5.77. The molecule has 1 aliphatic rings. The SMILES string of the molecule is O=C(Nc1ncccn1)C1CNc2ccccc2O1. The van der Waals surface area contributed by atoms with Crippen LogP contribution < -0.4 is 15.4 Å². The number of carbonyl (C=O) groups is 1. The minimum absolute atomic E-state index is 0.270. The summed E-state index contributed by atoms with van der Waals surface area (Å²) in [5.41, 5.74) is 0.891. The zero-order valence-corrected chi connectivity index (χ0v) is 10.0. The van der Waals surface area contributed by atoms with Crippen LogP contribution in [0.1, 0.15) is 0 Å². The molecule has 2 aromatic rings. The third kappa shape index (κ3) is 2.47. The summed E-state index contributed by atoms with van der Waals surface area (Å²) in [7, 11) is 0. The van der Waals surface area contributed by atoms with Crippen molar-refractivity contribution in [1.82, 2.24) is 9.97 Å². The Hall–Kier alpha value is -2.63. The molecule has 2 heterocycles. The van der Waals surface area contributed by atoms with Gasteiger partial charge in [-0.2, -0.15) is 0 Å². The number of benzene rings is 1. The van der Waals surface area contributed by atoms with E-state index in [1.165, 1.54) is 0 Å². The van der Waals surface area contributed by atoms with Crippen LogP contribution >= 0.6 is 0 Å². The number of ether oxygens (including phenoxy) is 1. The maximum atomic E-state index is 12.0. The monoisotopic (exact) mass is 256 g/mol. The Morgan fingerprint density at radius 2 is 2.05 bits per heavy atom. The minimum atomic E-state index is -0.598. The van der Waals surface area contributed by atoms with Gasteiger partial charge in [0.25, 0.3) is 5.91 Å². The Morgan fingerprint density at radius 3 is 2.89 bits per heavy atom. The lowest BCUT2D eigenvalue weighted by Gasteiger charge is -2.26. The van der Waals surface area contributed by atoms with Crippen molar-refractivity contribution in [3.05, 3.63) is 42.7 Å². The highest BCUT2D eigenvalue weighted by Gasteiger charge is 2.26. The van der Waals surface area contributed by atoms with E-state index in [-0.39, 0.29) is 11.9 Å². The van der Waals surface area contributed by atoms with Crippen molar-refractivity contribution < 1.29 is 9.53 Å². The van der Waals surface area contributed by atoms with Gasteiger partial charge in [-0.05, 0) is 18.2 Å². The van der Waals surface area contributed by atoms with Crippen molar-refractivity contribution in [2.24, 2.45) is 0 Å². The maximum Gasteiger partial charge on any atom is 0.269 e. The molecule has 1 aromatic carbocycles. The van der Waals surface area contributed by atoms with Crippen molar-refractivity contribution in [2.75, 3.05) is 17.2 Å². The number of amides is 1. The van der Waals surface area contributed by atoms with E-state index in [0.717, 1.165) is 5.69 Å².